The SMILES string of the molecule is Cc1nc2ccccn2c1C(=O)NCC1CN(c2ccc(C(C)(C)C)nn2)C1. The van der Waals surface area contributed by atoms with Crippen LogP contribution in [0.15, 0.2) is 36.5 Å². The molecule has 0 saturated carbocycles. The third kappa shape index (κ3) is 3.44. The monoisotopic (exact) mass is 378 g/mol. The number of fused-ring (bicyclic) bond motifs is 1. The number of amides is 1. The number of hydrogen-bond donors (Lipinski definition) is 1. The topological polar surface area (TPSA) is 75.4 Å². The third-order valence-corrected chi connectivity index (χ3v) is 5.17. The Hall–Kier alpha value is -2.96. The average Bonchev–Trinajstić information content (AvgIpc) is 2.95. The molecule has 28 heavy (non-hydrogen) atoms. The van der Waals surface area contributed by atoms with Gasteiger partial charge in [0.2, 0.25) is 0 Å². The van der Waals surface area contributed by atoms with Gasteiger partial charge >= 0.3 is 0 Å². The first-order valence-electron chi connectivity index (χ1n) is 9.64. The molecule has 1 aliphatic heterocycles. The van der Waals surface area contributed by atoms with E-state index in [1.54, 1.807) is 0 Å². The smallest absolute Gasteiger partial charge is 0.270 e. The number of aromatic nitrogens is 4. The van der Waals surface area contributed by atoms with Gasteiger partial charge in [0.15, 0.2) is 5.82 Å². The van der Waals surface area contributed by atoms with Crippen molar-refractivity contribution in [2.75, 3.05) is 24.5 Å². The van der Waals surface area contributed by atoms with Crippen molar-refractivity contribution in [2.24, 2.45) is 5.92 Å². The zero-order chi connectivity index (χ0) is 19.9. The molecule has 3 aromatic rings. The van der Waals surface area contributed by atoms with Gasteiger partial charge in [-0.2, -0.15) is 5.10 Å². The van der Waals surface area contributed by atoms with Gasteiger partial charge in [0.05, 0.1) is 11.4 Å². The molecule has 7 heteroatoms. The molecule has 0 spiro atoms. The van der Waals surface area contributed by atoms with Gasteiger partial charge in [-0.25, -0.2) is 4.98 Å². The summed E-state index contributed by atoms with van der Waals surface area (Å²) in [6, 6.07) is 9.80. The number of carbonyl (C=O) groups excluding carboxylic acids is 1. The number of anilines is 1. The van der Waals surface area contributed by atoms with Crippen LogP contribution in [0.25, 0.3) is 5.65 Å². The molecule has 1 amide bonds. The van der Waals surface area contributed by atoms with Crippen LogP contribution in [0.2, 0.25) is 0 Å². The molecule has 1 N–H and O–H groups in total. The first kappa shape index (κ1) is 18.4. The summed E-state index contributed by atoms with van der Waals surface area (Å²) in [4.78, 5) is 19.3. The average molecular weight is 378 g/mol. The summed E-state index contributed by atoms with van der Waals surface area (Å²) in [6.07, 6.45) is 1.87. The molecule has 7 nitrogen and oxygen atoms in total. The number of nitrogens with one attached hydrogen (secondary N) is 1. The van der Waals surface area contributed by atoms with Crippen LogP contribution in [0, 0.1) is 12.8 Å². The van der Waals surface area contributed by atoms with Crippen molar-refractivity contribution >= 4 is 17.4 Å². The van der Waals surface area contributed by atoms with Crippen molar-refractivity contribution in [1.82, 2.24) is 24.9 Å². The number of nitrogens with zero attached hydrogens (tertiary/aromatic N) is 5. The minimum atomic E-state index is -0.0797. The Balaban J connectivity index is 1.33. The molecule has 1 aliphatic rings. The number of pyridine rings is 1. The maximum Gasteiger partial charge on any atom is 0.270 e. The van der Waals surface area contributed by atoms with Crippen LogP contribution < -0.4 is 10.2 Å². The molecule has 0 unspecified atom stereocenters. The van der Waals surface area contributed by atoms with Crippen LogP contribution in [0.5, 0.6) is 0 Å². The molecular formula is C21H26N6O. The number of rotatable bonds is 4. The molecule has 0 radical (unpaired) electrons. The predicted molar refractivity (Wildman–Crippen MR) is 109 cm³/mol. The van der Waals surface area contributed by atoms with Gasteiger partial charge in [-0.15, -0.1) is 5.10 Å². The highest BCUT2D eigenvalue weighted by molar-refractivity contribution is 5.94. The molecule has 146 valence electrons. The highest BCUT2D eigenvalue weighted by Crippen LogP contribution is 2.25. The molecule has 0 atom stereocenters. The van der Waals surface area contributed by atoms with Gasteiger partial charge < -0.3 is 10.2 Å². The van der Waals surface area contributed by atoms with E-state index >= 15 is 0 Å². The fraction of sp³-hybridized carbons (Fsp3) is 0.429. The molecular weight excluding hydrogens is 352 g/mol. The van der Waals surface area contributed by atoms with Crippen LogP contribution in [-0.4, -0.2) is 45.1 Å². The highest BCUT2D eigenvalue weighted by Gasteiger charge is 2.29. The van der Waals surface area contributed by atoms with Crippen LogP contribution in [-0.2, 0) is 5.41 Å². The van der Waals surface area contributed by atoms with Gasteiger partial charge in [-0.3, -0.25) is 9.20 Å². The summed E-state index contributed by atoms with van der Waals surface area (Å²) < 4.78 is 1.84. The second-order valence-electron chi connectivity index (χ2n) is 8.48. The molecule has 3 aromatic heterocycles. The van der Waals surface area contributed by atoms with Gasteiger partial charge in [0.25, 0.3) is 5.91 Å². The lowest BCUT2D eigenvalue weighted by Crippen LogP contribution is -2.52. The second-order valence-corrected chi connectivity index (χ2v) is 8.48. The summed E-state index contributed by atoms with van der Waals surface area (Å²) >= 11 is 0. The van der Waals surface area contributed by atoms with E-state index in [1.807, 2.05) is 47.9 Å². The lowest BCUT2D eigenvalue weighted by atomic mass is 9.92. The summed E-state index contributed by atoms with van der Waals surface area (Å²) in [6.45, 7) is 10.6. The quantitative estimate of drug-likeness (QED) is 0.755. The van der Waals surface area contributed by atoms with E-state index in [4.69, 9.17) is 0 Å². The van der Waals surface area contributed by atoms with E-state index < -0.39 is 0 Å². The first-order chi connectivity index (χ1) is 13.3. The molecule has 0 bridgehead atoms. The molecule has 4 rings (SSSR count). The maximum atomic E-state index is 12.7. The minimum Gasteiger partial charge on any atom is -0.354 e. The number of hydrogen-bond acceptors (Lipinski definition) is 5. The van der Waals surface area contributed by atoms with E-state index in [1.165, 1.54) is 0 Å². The fourth-order valence-corrected chi connectivity index (χ4v) is 3.49. The zero-order valence-electron chi connectivity index (χ0n) is 16.8. The van der Waals surface area contributed by atoms with Crippen LogP contribution in [0.3, 0.4) is 0 Å². The van der Waals surface area contributed by atoms with Gasteiger partial charge in [0.1, 0.15) is 11.3 Å². The lowest BCUT2D eigenvalue weighted by molar-refractivity contribution is 0.0938. The highest BCUT2D eigenvalue weighted by atomic mass is 16.1. The summed E-state index contributed by atoms with van der Waals surface area (Å²) in [5, 5.41) is 11.8. The third-order valence-electron chi connectivity index (χ3n) is 5.17. The zero-order valence-corrected chi connectivity index (χ0v) is 16.8. The summed E-state index contributed by atoms with van der Waals surface area (Å²) in [5.74, 6) is 1.23. The van der Waals surface area contributed by atoms with Crippen molar-refractivity contribution in [3.05, 3.63) is 53.6 Å². The molecule has 0 aliphatic carbocycles. The minimum absolute atomic E-state index is 0.00324. The van der Waals surface area contributed by atoms with Crippen LogP contribution in [0.4, 0.5) is 5.82 Å². The first-order valence-corrected chi connectivity index (χ1v) is 9.64. The van der Waals surface area contributed by atoms with Crippen LogP contribution >= 0.6 is 0 Å². The predicted octanol–water partition coefficient (Wildman–Crippen LogP) is 2.60. The lowest BCUT2D eigenvalue weighted by Gasteiger charge is -2.40. The van der Waals surface area contributed by atoms with Crippen molar-refractivity contribution in [3.8, 4) is 0 Å². The van der Waals surface area contributed by atoms with E-state index in [2.05, 4.69) is 46.2 Å². The fourth-order valence-electron chi connectivity index (χ4n) is 3.49. The van der Waals surface area contributed by atoms with E-state index in [9.17, 15) is 4.79 Å². The maximum absolute atomic E-state index is 12.7. The van der Waals surface area contributed by atoms with Gasteiger partial charge in [-0.05, 0) is 31.2 Å². The number of aryl methyl sites for hydroxylation is 1. The van der Waals surface area contributed by atoms with E-state index in [-0.39, 0.29) is 11.3 Å². The van der Waals surface area contributed by atoms with Gasteiger partial charge in [-0.1, -0.05) is 26.8 Å². The Kier molecular flexibility index (Phi) is 4.53. The number of imidazole rings is 1. The van der Waals surface area contributed by atoms with E-state index in [0.717, 1.165) is 35.9 Å². The largest absolute Gasteiger partial charge is 0.354 e. The second kappa shape index (κ2) is 6.89. The Labute approximate surface area is 164 Å². The van der Waals surface area contributed by atoms with Crippen LogP contribution in [0.1, 0.15) is 42.6 Å². The Morgan fingerprint density at radius 1 is 1.18 bits per heavy atom. The normalized spacial score (nSPS) is 14.9. The summed E-state index contributed by atoms with van der Waals surface area (Å²) in [7, 11) is 0. The van der Waals surface area contributed by atoms with Crippen molar-refractivity contribution in [2.45, 2.75) is 33.1 Å². The molecule has 1 saturated heterocycles. The van der Waals surface area contributed by atoms with Crippen molar-refractivity contribution in [3.63, 3.8) is 0 Å². The standard InChI is InChI=1S/C21H26N6O/c1-14-19(27-10-6-5-7-17(27)23-14)20(28)22-11-15-12-26(13-15)18-9-8-16(24-25-18)21(2,3)4/h5-10,15H,11-13H2,1-4H3,(H,22,28). The molecule has 1 fully saturated rings. The van der Waals surface area contributed by atoms with Gasteiger partial charge in [0, 0.05) is 37.2 Å². The molecule has 0 aromatic carbocycles. The Morgan fingerprint density at radius 2 is 1.96 bits per heavy atom. The summed E-state index contributed by atoms with van der Waals surface area (Å²) in [5.41, 5.74) is 3.13. The molecule has 4 heterocycles. The van der Waals surface area contributed by atoms with E-state index in [0.29, 0.717) is 18.2 Å². The Morgan fingerprint density at radius 3 is 2.64 bits per heavy atom. The Bertz CT molecular complexity index is 996. The van der Waals surface area contributed by atoms with Crippen molar-refractivity contribution < 1.29 is 4.79 Å². The van der Waals surface area contributed by atoms with Crippen molar-refractivity contribution in [1.29, 1.82) is 0 Å². The number of carbonyl (C=O) groups is 1.